The first-order valence-corrected chi connectivity index (χ1v) is 5.91. The first-order valence-electron chi connectivity index (χ1n) is 5.91. The number of hydrogen-bond acceptors (Lipinski definition) is 3. The van der Waals surface area contributed by atoms with Crippen molar-refractivity contribution in [3.8, 4) is 6.07 Å². The molecular formula is C12H20N2O2. The van der Waals surface area contributed by atoms with Gasteiger partial charge in [-0.1, -0.05) is 19.3 Å². The van der Waals surface area contributed by atoms with Gasteiger partial charge in [0.1, 0.15) is 0 Å². The third-order valence-corrected chi connectivity index (χ3v) is 3.25. The second kappa shape index (κ2) is 5.86. The van der Waals surface area contributed by atoms with Gasteiger partial charge >= 0.3 is 0 Å². The number of carbonyl (C=O) groups is 1. The maximum Gasteiger partial charge on any atom is 0.225 e. The van der Waals surface area contributed by atoms with Crippen LogP contribution in [0.15, 0.2) is 0 Å². The predicted molar refractivity (Wildman–Crippen MR) is 60.5 cm³/mol. The van der Waals surface area contributed by atoms with Crippen molar-refractivity contribution in [2.24, 2.45) is 0 Å². The molecule has 1 saturated carbocycles. The topological polar surface area (TPSA) is 64.3 Å². The highest BCUT2D eigenvalue weighted by Gasteiger charge is 2.32. The van der Waals surface area contributed by atoms with Crippen LogP contribution in [0, 0.1) is 11.3 Å². The largest absolute Gasteiger partial charge is 0.389 e. The van der Waals surface area contributed by atoms with Gasteiger partial charge in [-0.3, -0.25) is 4.79 Å². The lowest BCUT2D eigenvalue weighted by Gasteiger charge is -2.32. The number of carbonyl (C=O) groups excluding carboxylic acids is 1. The molecule has 1 amide bonds. The average Bonchev–Trinajstić information content (AvgIpc) is 2.26. The van der Waals surface area contributed by atoms with Crippen molar-refractivity contribution in [3.63, 3.8) is 0 Å². The highest BCUT2D eigenvalue weighted by atomic mass is 16.3. The molecule has 0 aromatic carbocycles. The van der Waals surface area contributed by atoms with E-state index in [4.69, 9.17) is 5.26 Å². The molecule has 1 fully saturated rings. The maximum atomic E-state index is 11.8. The first kappa shape index (κ1) is 13.0. The highest BCUT2D eigenvalue weighted by Crippen LogP contribution is 2.31. The zero-order valence-electron chi connectivity index (χ0n) is 9.91. The fraction of sp³-hybridized carbons (Fsp3) is 0.833. The fourth-order valence-electron chi connectivity index (χ4n) is 2.15. The molecule has 0 aromatic rings. The Morgan fingerprint density at radius 2 is 2.06 bits per heavy atom. The van der Waals surface area contributed by atoms with E-state index in [1.165, 1.54) is 4.90 Å². The lowest BCUT2D eigenvalue weighted by atomic mass is 9.82. The molecule has 1 aliphatic rings. The zero-order valence-corrected chi connectivity index (χ0v) is 9.91. The lowest BCUT2D eigenvalue weighted by molar-refractivity contribution is -0.136. The van der Waals surface area contributed by atoms with Crippen LogP contribution < -0.4 is 0 Å². The van der Waals surface area contributed by atoms with Crippen molar-refractivity contribution in [2.75, 3.05) is 13.6 Å². The molecule has 1 aliphatic carbocycles. The normalized spacial score (nSPS) is 18.8. The number of nitrogens with zero attached hydrogens (tertiary/aromatic N) is 2. The average molecular weight is 224 g/mol. The van der Waals surface area contributed by atoms with Crippen LogP contribution in [0.1, 0.15) is 44.9 Å². The maximum absolute atomic E-state index is 11.8. The number of hydrogen-bond donors (Lipinski definition) is 1. The summed E-state index contributed by atoms with van der Waals surface area (Å²) in [6.45, 7) is 0.450. The van der Waals surface area contributed by atoms with Gasteiger partial charge in [0, 0.05) is 13.6 Å². The van der Waals surface area contributed by atoms with Crippen LogP contribution in [0.4, 0.5) is 0 Å². The van der Waals surface area contributed by atoms with Crippen LogP contribution in [-0.4, -0.2) is 35.1 Å². The number of rotatable bonds is 4. The number of amides is 1. The van der Waals surface area contributed by atoms with Crippen LogP contribution in [0.5, 0.6) is 0 Å². The Labute approximate surface area is 96.9 Å². The van der Waals surface area contributed by atoms with Gasteiger partial charge in [0.15, 0.2) is 0 Å². The van der Waals surface area contributed by atoms with E-state index in [1.54, 1.807) is 7.05 Å². The molecule has 0 bridgehead atoms. The number of aliphatic hydroxyl groups is 1. The van der Waals surface area contributed by atoms with Crippen LogP contribution in [0.2, 0.25) is 0 Å². The van der Waals surface area contributed by atoms with E-state index in [0.717, 1.165) is 32.1 Å². The smallest absolute Gasteiger partial charge is 0.225 e. The third kappa shape index (κ3) is 3.82. The van der Waals surface area contributed by atoms with Gasteiger partial charge in [-0.25, -0.2) is 0 Å². The highest BCUT2D eigenvalue weighted by molar-refractivity contribution is 5.77. The Morgan fingerprint density at radius 3 is 2.62 bits per heavy atom. The van der Waals surface area contributed by atoms with E-state index in [9.17, 15) is 9.90 Å². The van der Waals surface area contributed by atoms with Gasteiger partial charge < -0.3 is 10.0 Å². The standard InChI is InChI=1S/C12H20N2O2/c1-14(9-5-8-13)11(15)10-12(16)6-3-2-4-7-12/h16H,2-7,9-10H2,1H3. The molecule has 0 radical (unpaired) electrons. The Balaban J connectivity index is 2.40. The van der Waals surface area contributed by atoms with Crippen molar-refractivity contribution in [3.05, 3.63) is 0 Å². The van der Waals surface area contributed by atoms with Gasteiger partial charge in [0.25, 0.3) is 0 Å². The molecule has 0 unspecified atom stereocenters. The minimum Gasteiger partial charge on any atom is -0.389 e. The van der Waals surface area contributed by atoms with Crippen LogP contribution >= 0.6 is 0 Å². The summed E-state index contributed by atoms with van der Waals surface area (Å²) in [6.07, 6.45) is 5.17. The van der Waals surface area contributed by atoms with Gasteiger partial charge in [-0.05, 0) is 12.8 Å². The summed E-state index contributed by atoms with van der Waals surface area (Å²) in [7, 11) is 1.69. The first-order chi connectivity index (χ1) is 7.57. The minimum absolute atomic E-state index is 0.0559. The van der Waals surface area contributed by atoms with E-state index in [0.29, 0.717) is 13.0 Å². The summed E-state index contributed by atoms with van der Waals surface area (Å²) >= 11 is 0. The molecule has 4 nitrogen and oxygen atoms in total. The SMILES string of the molecule is CN(CCC#N)C(=O)CC1(O)CCCCC1. The summed E-state index contributed by atoms with van der Waals surface area (Å²) < 4.78 is 0. The summed E-state index contributed by atoms with van der Waals surface area (Å²) in [5.41, 5.74) is -0.795. The summed E-state index contributed by atoms with van der Waals surface area (Å²) in [4.78, 5) is 13.3. The molecule has 0 spiro atoms. The molecule has 0 aromatic heterocycles. The summed E-state index contributed by atoms with van der Waals surface area (Å²) in [6, 6.07) is 2.01. The van der Waals surface area contributed by atoms with Crippen molar-refractivity contribution in [2.45, 2.75) is 50.5 Å². The van der Waals surface area contributed by atoms with Crippen molar-refractivity contribution < 1.29 is 9.90 Å². The van der Waals surface area contributed by atoms with E-state index in [-0.39, 0.29) is 12.3 Å². The van der Waals surface area contributed by atoms with Crippen molar-refractivity contribution in [1.29, 1.82) is 5.26 Å². The van der Waals surface area contributed by atoms with E-state index in [2.05, 4.69) is 0 Å². The lowest BCUT2D eigenvalue weighted by Crippen LogP contribution is -2.39. The van der Waals surface area contributed by atoms with Crippen LogP contribution in [0.3, 0.4) is 0 Å². The second-order valence-corrected chi connectivity index (χ2v) is 4.69. The van der Waals surface area contributed by atoms with Gasteiger partial charge in [-0.15, -0.1) is 0 Å². The molecule has 1 N–H and O–H groups in total. The molecule has 90 valence electrons. The summed E-state index contributed by atoms with van der Waals surface area (Å²) in [5.74, 6) is -0.0559. The Bertz CT molecular complexity index is 277. The van der Waals surface area contributed by atoms with Gasteiger partial charge in [0.2, 0.25) is 5.91 Å². The van der Waals surface area contributed by atoms with Gasteiger partial charge in [-0.2, -0.15) is 5.26 Å². The van der Waals surface area contributed by atoms with Crippen molar-refractivity contribution in [1.82, 2.24) is 4.90 Å². The molecule has 0 atom stereocenters. The Kier molecular flexibility index (Phi) is 4.75. The molecule has 4 heteroatoms. The molecule has 0 saturated heterocycles. The van der Waals surface area contributed by atoms with Crippen LogP contribution in [0.25, 0.3) is 0 Å². The Hall–Kier alpha value is -1.08. The van der Waals surface area contributed by atoms with E-state index >= 15 is 0 Å². The molecule has 1 rings (SSSR count). The molecular weight excluding hydrogens is 204 g/mol. The van der Waals surface area contributed by atoms with Gasteiger partial charge in [0.05, 0.1) is 24.5 Å². The van der Waals surface area contributed by atoms with Crippen molar-refractivity contribution >= 4 is 5.91 Å². The quantitative estimate of drug-likeness (QED) is 0.786. The van der Waals surface area contributed by atoms with E-state index < -0.39 is 5.60 Å². The summed E-state index contributed by atoms with van der Waals surface area (Å²) in [5, 5.41) is 18.6. The minimum atomic E-state index is -0.795. The third-order valence-electron chi connectivity index (χ3n) is 3.25. The zero-order chi connectivity index (χ0) is 12.0. The molecule has 0 aliphatic heterocycles. The predicted octanol–water partition coefficient (Wildman–Crippen LogP) is 1.44. The second-order valence-electron chi connectivity index (χ2n) is 4.69. The Morgan fingerprint density at radius 1 is 1.44 bits per heavy atom. The molecule has 16 heavy (non-hydrogen) atoms. The van der Waals surface area contributed by atoms with Crippen LogP contribution in [-0.2, 0) is 4.79 Å². The number of nitriles is 1. The monoisotopic (exact) mass is 224 g/mol. The fourth-order valence-corrected chi connectivity index (χ4v) is 2.15. The van der Waals surface area contributed by atoms with E-state index in [1.807, 2.05) is 6.07 Å². The molecule has 0 heterocycles.